The lowest BCUT2D eigenvalue weighted by Crippen LogP contribution is -2.13. The van der Waals surface area contributed by atoms with E-state index >= 15 is 0 Å². The second-order valence-corrected chi connectivity index (χ2v) is 4.57. The monoisotopic (exact) mass is 160 g/mol. The van der Waals surface area contributed by atoms with E-state index in [1.54, 1.807) is 11.8 Å². The molecule has 0 amide bonds. The molecule has 0 rings (SSSR count). The molecule has 60 valence electrons. The van der Waals surface area contributed by atoms with Crippen LogP contribution >= 0.6 is 11.8 Å². The summed E-state index contributed by atoms with van der Waals surface area (Å²) in [5.41, 5.74) is 0. The predicted molar refractivity (Wildman–Crippen MR) is 47.5 cm³/mol. The first-order valence-electron chi connectivity index (χ1n) is 3.76. The minimum atomic E-state index is 0.185. The molecule has 0 N–H and O–H groups in total. The van der Waals surface area contributed by atoms with Crippen LogP contribution in [0.4, 0.5) is 0 Å². The standard InChI is InChI=1S/C8H16OS/c1-5-8(9)7(4)10-6(2)3/h6-7H,5H2,1-4H3. The Kier molecular flexibility index (Phi) is 4.79. The Morgan fingerprint density at radius 3 is 2.20 bits per heavy atom. The fourth-order valence-electron chi connectivity index (χ4n) is 0.772. The summed E-state index contributed by atoms with van der Waals surface area (Å²) < 4.78 is 0. The van der Waals surface area contributed by atoms with Crippen molar-refractivity contribution in [2.24, 2.45) is 0 Å². The maximum atomic E-state index is 11.0. The van der Waals surface area contributed by atoms with Crippen molar-refractivity contribution in [3.8, 4) is 0 Å². The van der Waals surface area contributed by atoms with Gasteiger partial charge in [0.15, 0.2) is 0 Å². The molecule has 0 aromatic rings. The van der Waals surface area contributed by atoms with Gasteiger partial charge in [-0.2, -0.15) is 0 Å². The molecule has 0 fully saturated rings. The van der Waals surface area contributed by atoms with Gasteiger partial charge in [0, 0.05) is 6.42 Å². The summed E-state index contributed by atoms with van der Waals surface area (Å²) in [5, 5.41) is 0.746. The highest BCUT2D eigenvalue weighted by molar-refractivity contribution is 8.01. The highest BCUT2D eigenvalue weighted by Crippen LogP contribution is 2.17. The first kappa shape index (κ1) is 10.0. The molecule has 0 heterocycles. The molecule has 1 atom stereocenters. The van der Waals surface area contributed by atoms with Gasteiger partial charge in [0.1, 0.15) is 5.78 Å². The van der Waals surface area contributed by atoms with Gasteiger partial charge in [-0.1, -0.05) is 20.8 Å². The summed E-state index contributed by atoms with van der Waals surface area (Å²) in [6.45, 7) is 8.13. The highest BCUT2D eigenvalue weighted by atomic mass is 32.2. The van der Waals surface area contributed by atoms with Crippen LogP contribution < -0.4 is 0 Å². The van der Waals surface area contributed by atoms with Crippen LogP contribution in [0.3, 0.4) is 0 Å². The van der Waals surface area contributed by atoms with Gasteiger partial charge >= 0.3 is 0 Å². The molecule has 0 aromatic carbocycles. The van der Waals surface area contributed by atoms with Crippen LogP contribution in [0.2, 0.25) is 0 Å². The molecule has 0 saturated carbocycles. The zero-order valence-electron chi connectivity index (χ0n) is 7.18. The van der Waals surface area contributed by atoms with E-state index in [1.165, 1.54) is 0 Å². The van der Waals surface area contributed by atoms with Crippen molar-refractivity contribution in [3.05, 3.63) is 0 Å². The maximum absolute atomic E-state index is 11.0. The molecule has 10 heavy (non-hydrogen) atoms. The van der Waals surface area contributed by atoms with E-state index in [-0.39, 0.29) is 5.25 Å². The Hall–Kier alpha value is 0.0200. The number of hydrogen-bond donors (Lipinski definition) is 0. The smallest absolute Gasteiger partial charge is 0.145 e. The third kappa shape index (κ3) is 3.94. The van der Waals surface area contributed by atoms with Gasteiger partial charge in [-0.25, -0.2) is 0 Å². The van der Waals surface area contributed by atoms with Crippen molar-refractivity contribution in [1.29, 1.82) is 0 Å². The Bertz CT molecular complexity index is 110. The van der Waals surface area contributed by atoms with E-state index < -0.39 is 0 Å². The van der Waals surface area contributed by atoms with Crippen molar-refractivity contribution in [1.82, 2.24) is 0 Å². The molecule has 0 spiro atoms. The Morgan fingerprint density at radius 2 is 1.90 bits per heavy atom. The first-order valence-corrected chi connectivity index (χ1v) is 4.70. The molecular weight excluding hydrogens is 144 g/mol. The number of carbonyl (C=O) groups is 1. The normalized spacial score (nSPS) is 13.7. The van der Waals surface area contributed by atoms with Gasteiger partial charge in [-0.15, -0.1) is 11.8 Å². The average Bonchev–Trinajstić information content (AvgIpc) is 1.85. The zero-order valence-corrected chi connectivity index (χ0v) is 7.99. The summed E-state index contributed by atoms with van der Waals surface area (Å²) in [5.74, 6) is 0.360. The number of Topliss-reactive ketones (excluding diaryl/α,β-unsaturated/α-hetero) is 1. The summed E-state index contributed by atoms with van der Waals surface area (Å²) >= 11 is 1.74. The lowest BCUT2D eigenvalue weighted by Gasteiger charge is -2.10. The second kappa shape index (κ2) is 4.78. The van der Waals surface area contributed by atoms with Crippen LogP contribution in [0.15, 0.2) is 0 Å². The van der Waals surface area contributed by atoms with Crippen LogP contribution in [-0.4, -0.2) is 16.3 Å². The van der Waals surface area contributed by atoms with Crippen LogP contribution in [0.25, 0.3) is 0 Å². The minimum absolute atomic E-state index is 0.185. The molecule has 0 aliphatic carbocycles. The molecule has 0 bridgehead atoms. The lowest BCUT2D eigenvalue weighted by atomic mass is 10.2. The van der Waals surface area contributed by atoms with Crippen molar-refractivity contribution in [3.63, 3.8) is 0 Å². The van der Waals surface area contributed by atoms with E-state index in [2.05, 4.69) is 13.8 Å². The lowest BCUT2D eigenvalue weighted by molar-refractivity contribution is -0.118. The molecule has 1 unspecified atom stereocenters. The van der Waals surface area contributed by atoms with Crippen LogP contribution in [0.1, 0.15) is 34.1 Å². The number of ketones is 1. The van der Waals surface area contributed by atoms with Crippen molar-refractivity contribution >= 4 is 17.5 Å². The van der Waals surface area contributed by atoms with Crippen molar-refractivity contribution in [2.75, 3.05) is 0 Å². The molecular formula is C8H16OS. The fourth-order valence-corrected chi connectivity index (χ4v) is 1.91. The maximum Gasteiger partial charge on any atom is 0.145 e. The molecule has 0 aliphatic heterocycles. The average molecular weight is 160 g/mol. The van der Waals surface area contributed by atoms with Crippen molar-refractivity contribution < 1.29 is 4.79 Å². The Balaban J connectivity index is 3.61. The predicted octanol–water partition coefficient (Wildman–Crippen LogP) is 2.50. The summed E-state index contributed by atoms with van der Waals surface area (Å²) in [6, 6.07) is 0. The van der Waals surface area contributed by atoms with Crippen LogP contribution in [-0.2, 0) is 4.79 Å². The first-order chi connectivity index (χ1) is 4.57. The molecule has 1 nitrogen and oxygen atoms in total. The van der Waals surface area contributed by atoms with Gasteiger partial charge in [0.25, 0.3) is 0 Å². The third-order valence-corrected chi connectivity index (χ3v) is 2.49. The van der Waals surface area contributed by atoms with Crippen LogP contribution in [0, 0.1) is 0 Å². The molecule has 0 aliphatic rings. The topological polar surface area (TPSA) is 17.1 Å². The minimum Gasteiger partial charge on any atom is -0.298 e. The van der Waals surface area contributed by atoms with Gasteiger partial charge in [-0.05, 0) is 12.2 Å². The summed E-state index contributed by atoms with van der Waals surface area (Å²) in [4.78, 5) is 11.0. The number of thioether (sulfide) groups is 1. The SMILES string of the molecule is CCC(=O)C(C)SC(C)C. The molecule has 2 heteroatoms. The van der Waals surface area contributed by atoms with E-state index in [4.69, 9.17) is 0 Å². The van der Waals surface area contributed by atoms with E-state index in [1.807, 2.05) is 13.8 Å². The third-order valence-electron chi connectivity index (χ3n) is 1.28. The molecule has 0 saturated heterocycles. The summed E-state index contributed by atoms with van der Waals surface area (Å²) in [7, 11) is 0. The summed E-state index contributed by atoms with van der Waals surface area (Å²) in [6.07, 6.45) is 0.668. The number of hydrogen-bond acceptors (Lipinski definition) is 2. The highest BCUT2D eigenvalue weighted by Gasteiger charge is 2.11. The van der Waals surface area contributed by atoms with E-state index in [9.17, 15) is 4.79 Å². The van der Waals surface area contributed by atoms with Gasteiger partial charge in [-0.3, -0.25) is 4.79 Å². The van der Waals surface area contributed by atoms with E-state index in [0.29, 0.717) is 17.5 Å². The van der Waals surface area contributed by atoms with Gasteiger partial charge < -0.3 is 0 Å². The fraction of sp³-hybridized carbons (Fsp3) is 0.875. The Labute approximate surface area is 67.6 Å². The van der Waals surface area contributed by atoms with E-state index in [0.717, 1.165) is 0 Å². The quantitative estimate of drug-likeness (QED) is 0.628. The van der Waals surface area contributed by atoms with Gasteiger partial charge in [0.2, 0.25) is 0 Å². The zero-order chi connectivity index (χ0) is 8.15. The van der Waals surface area contributed by atoms with Crippen molar-refractivity contribution in [2.45, 2.75) is 44.6 Å². The number of rotatable bonds is 4. The second-order valence-electron chi connectivity index (χ2n) is 2.65. The molecule has 0 aromatic heterocycles. The van der Waals surface area contributed by atoms with Crippen LogP contribution in [0.5, 0.6) is 0 Å². The largest absolute Gasteiger partial charge is 0.298 e. The molecule has 0 radical (unpaired) electrons. The Morgan fingerprint density at radius 1 is 1.40 bits per heavy atom. The number of carbonyl (C=O) groups excluding carboxylic acids is 1. The van der Waals surface area contributed by atoms with Gasteiger partial charge in [0.05, 0.1) is 5.25 Å².